The Labute approximate surface area is 254 Å². The highest BCUT2D eigenvalue weighted by molar-refractivity contribution is 5.86. The first-order chi connectivity index (χ1) is 21.2. The van der Waals surface area contributed by atoms with Gasteiger partial charge in [-0.2, -0.15) is 0 Å². The van der Waals surface area contributed by atoms with E-state index in [2.05, 4.69) is 97.7 Å². The summed E-state index contributed by atoms with van der Waals surface area (Å²) in [5.74, 6) is 2.22. The number of nitrogens with one attached hydrogen (secondary N) is 1. The molecule has 1 aromatic heterocycles. The van der Waals surface area contributed by atoms with E-state index in [0.29, 0.717) is 18.5 Å². The van der Waals surface area contributed by atoms with Crippen molar-refractivity contribution < 1.29 is 9.57 Å². The summed E-state index contributed by atoms with van der Waals surface area (Å²) in [5, 5.41) is 7.87. The first kappa shape index (κ1) is 27.9. The van der Waals surface area contributed by atoms with Crippen LogP contribution in [0.25, 0.3) is 10.8 Å². The van der Waals surface area contributed by atoms with Gasteiger partial charge in [0.05, 0.1) is 25.4 Å². The minimum atomic E-state index is 0.0723. The van der Waals surface area contributed by atoms with Gasteiger partial charge in [-0.25, -0.2) is 15.0 Å². The molecule has 0 bridgehead atoms. The van der Waals surface area contributed by atoms with E-state index in [0.717, 1.165) is 36.8 Å². The van der Waals surface area contributed by atoms with Crippen LogP contribution < -0.4 is 20.0 Å². The molecule has 3 aliphatic rings. The van der Waals surface area contributed by atoms with Gasteiger partial charge >= 0.3 is 0 Å². The van der Waals surface area contributed by atoms with E-state index in [1.165, 1.54) is 61.0 Å². The second-order valence-corrected chi connectivity index (χ2v) is 11.9. The molecule has 4 heterocycles. The molecule has 0 spiro atoms. The first-order valence-corrected chi connectivity index (χ1v) is 15.5. The van der Waals surface area contributed by atoms with Crippen LogP contribution >= 0.6 is 0 Å². The molecule has 7 rings (SSSR count). The number of hydroxylamine groups is 1. The molecular formula is C34H41N7O2. The molecule has 9 nitrogen and oxygen atoms in total. The summed E-state index contributed by atoms with van der Waals surface area (Å²) in [5.41, 5.74) is 3.32. The molecule has 3 fully saturated rings. The zero-order valence-corrected chi connectivity index (χ0v) is 25.2. The van der Waals surface area contributed by atoms with Crippen molar-refractivity contribution in [2.24, 2.45) is 0 Å². The number of ether oxygens (including phenoxy) is 1. The fourth-order valence-electron chi connectivity index (χ4n) is 6.85. The average Bonchev–Trinajstić information content (AvgIpc) is 3.55. The topological polar surface area (TPSA) is 69.2 Å². The molecule has 3 aromatic carbocycles. The number of hydrogen-bond donors (Lipinski definition) is 1. The molecule has 43 heavy (non-hydrogen) atoms. The SMILES string of the molecule is COc1cc(N2CCC(N3CCN(C)CC3)CC2)ccc1Nc1cc(N2OCC[C@@H]2c2cccc3ccccc23)ncn1. The molecule has 3 aliphatic heterocycles. The van der Waals surface area contributed by atoms with Crippen LogP contribution in [0.3, 0.4) is 0 Å². The predicted octanol–water partition coefficient (Wildman–Crippen LogP) is 5.48. The zero-order valence-electron chi connectivity index (χ0n) is 25.2. The smallest absolute Gasteiger partial charge is 0.158 e. The third-order valence-corrected chi connectivity index (χ3v) is 9.30. The Hall–Kier alpha value is -3.92. The number of methoxy groups -OCH3 is 1. The molecule has 1 N–H and O–H groups in total. The van der Waals surface area contributed by atoms with E-state index in [-0.39, 0.29) is 6.04 Å². The number of likely N-dealkylation sites (N-methyl/N-ethyl adjacent to an activating group) is 1. The first-order valence-electron chi connectivity index (χ1n) is 15.5. The Balaban J connectivity index is 1.04. The number of nitrogens with zero attached hydrogens (tertiary/aromatic N) is 6. The Morgan fingerprint density at radius 3 is 2.51 bits per heavy atom. The maximum Gasteiger partial charge on any atom is 0.158 e. The van der Waals surface area contributed by atoms with E-state index in [1.807, 2.05) is 11.1 Å². The summed E-state index contributed by atoms with van der Waals surface area (Å²) in [6.45, 7) is 7.50. The number of aromatic nitrogens is 2. The summed E-state index contributed by atoms with van der Waals surface area (Å²) in [6, 6.07) is 24.1. The molecular weight excluding hydrogens is 538 g/mol. The monoisotopic (exact) mass is 579 g/mol. The van der Waals surface area contributed by atoms with Crippen molar-refractivity contribution in [1.29, 1.82) is 0 Å². The lowest BCUT2D eigenvalue weighted by atomic mass is 9.97. The van der Waals surface area contributed by atoms with E-state index in [9.17, 15) is 0 Å². The van der Waals surface area contributed by atoms with Gasteiger partial charge in [-0.05, 0) is 48.4 Å². The number of piperazine rings is 1. The lowest BCUT2D eigenvalue weighted by Gasteiger charge is -2.42. The standard InChI is InChI=1S/C34H41N7O2/c1-38-17-19-40(20-18-38)26-12-15-39(16-13-26)27-10-11-30(32(22-27)42-2)37-33-23-34(36-24-35-33)41-31(14-21-43-41)29-9-5-7-25-6-3-4-8-28(25)29/h3-11,22-24,26,31H,12-21H2,1-2H3,(H,35,36,37)/t31-/m1/s1. The lowest BCUT2D eigenvalue weighted by Crippen LogP contribution is -2.52. The lowest BCUT2D eigenvalue weighted by molar-refractivity contribution is 0.0982. The zero-order chi connectivity index (χ0) is 29.2. The number of rotatable bonds is 7. The summed E-state index contributed by atoms with van der Waals surface area (Å²) in [7, 11) is 3.95. The second-order valence-electron chi connectivity index (χ2n) is 11.9. The van der Waals surface area contributed by atoms with Crippen molar-refractivity contribution in [3.05, 3.63) is 78.6 Å². The molecule has 0 unspecified atom stereocenters. The number of piperidine rings is 1. The van der Waals surface area contributed by atoms with Crippen molar-refractivity contribution in [2.75, 3.05) is 75.3 Å². The van der Waals surface area contributed by atoms with Gasteiger partial charge in [0.25, 0.3) is 0 Å². The third-order valence-electron chi connectivity index (χ3n) is 9.30. The van der Waals surface area contributed by atoms with Gasteiger partial charge in [-0.15, -0.1) is 0 Å². The molecule has 3 saturated heterocycles. The van der Waals surface area contributed by atoms with Crippen LogP contribution in [0.4, 0.5) is 23.0 Å². The molecule has 0 amide bonds. The molecule has 1 atom stereocenters. The third kappa shape index (κ3) is 5.85. The molecule has 0 saturated carbocycles. The molecule has 9 heteroatoms. The van der Waals surface area contributed by atoms with Crippen molar-refractivity contribution in [2.45, 2.75) is 31.3 Å². The van der Waals surface area contributed by atoms with Gasteiger partial charge in [0.2, 0.25) is 0 Å². The van der Waals surface area contributed by atoms with E-state index >= 15 is 0 Å². The normalized spacial score (nSPS) is 20.6. The van der Waals surface area contributed by atoms with Crippen LogP contribution in [0.2, 0.25) is 0 Å². The van der Waals surface area contributed by atoms with Crippen molar-refractivity contribution >= 4 is 33.8 Å². The number of hydrogen-bond acceptors (Lipinski definition) is 9. The van der Waals surface area contributed by atoms with Gasteiger partial charge < -0.3 is 19.9 Å². The molecule has 0 aliphatic carbocycles. The van der Waals surface area contributed by atoms with Gasteiger partial charge in [-0.3, -0.25) is 9.74 Å². The van der Waals surface area contributed by atoms with Crippen LogP contribution in [-0.4, -0.2) is 85.8 Å². The predicted molar refractivity (Wildman–Crippen MR) is 172 cm³/mol. The highest BCUT2D eigenvalue weighted by atomic mass is 16.7. The fraction of sp³-hybridized carbons (Fsp3) is 0.412. The maximum absolute atomic E-state index is 6.12. The van der Waals surface area contributed by atoms with Gasteiger partial charge in [0.1, 0.15) is 17.9 Å². The van der Waals surface area contributed by atoms with E-state index in [1.54, 1.807) is 13.4 Å². The Kier molecular flexibility index (Phi) is 8.02. The quantitative estimate of drug-likeness (QED) is 0.307. The molecule has 224 valence electrons. The van der Waals surface area contributed by atoms with Crippen molar-refractivity contribution in [3.8, 4) is 5.75 Å². The number of benzene rings is 3. The van der Waals surface area contributed by atoms with Gasteiger partial charge in [0.15, 0.2) is 5.82 Å². The largest absolute Gasteiger partial charge is 0.494 e. The highest BCUT2D eigenvalue weighted by Gasteiger charge is 2.31. The summed E-state index contributed by atoms with van der Waals surface area (Å²) in [4.78, 5) is 22.8. The Morgan fingerprint density at radius 1 is 0.860 bits per heavy atom. The summed E-state index contributed by atoms with van der Waals surface area (Å²) < 4.78 is 5.84. The van der Waals surface area contributed by atoms with E-state index < -0.39 is 0 Å². The average molecular weight is 580 g/mol. The van der Waals surface area contributed by atoms with E-state index in [4.69, 9.17) is 9.57 Å². The second kappa shape index (κ2) is 12.4. The molecule has 4 aromatic rings. The fourth-order valence-corrected chi connectivity index (χ4v) is 6.85. The Bertz CT molecular complexity index is 1540. The van der Waals surface area contributed by atoms with Crippen molar-refractivity contribution in [3.63, 3.8) is 0 Å². The van der Waals surface area contributed by atoms with Gasteiger partial charge in [-0.1, -0.05) is 42.5 Å². The van der Waals surface area contributed by atoms with Crippen LogP contribution in [0.15, 0.2) is 73.1 Å². The minimum absolute atomic E-state index is 0.0723. The van der Waals surface area contributed by atoms with Crippen LogP contribution in [0.1, 0.15) is 30.9 Å². The minimum Gasteiger partial charge on any atom is -0.494 e. The molecule has 0 radical (unpaired) electrons. The van der Waals surface area contributed by atoms with Crippen molar-refractivity contribution in [1.82, 2.24) is 19.8 Å². The summed E-state index contributed by atoms with van der Waals surface area (Å²) in [6.07, 6.45) is 4.88. The Morgan fingerprint density at radius 2 is 1.67 bits per heavy atom. The van der Waals surface area contributed by atoms with Crippen LogP contribution in [0.5, 0.6) is 5.75 Å². The number of anilines is 4. The van der Waals surface area contributed by atoms with Crippen LogP contribution in [0, 0.1) is 0 Å². The highest BCUT2D eigenvalue weighted by Crippen LogP contribution is 2.38. The maximum atomic E-state index is 6.12. The van der Waals surface area contributed by atoms with Crippen LogP contribution in [-0.2, 0) is 4.84 Å². The summed E-state index contributed by atoms with van der Waals surface area (Å²) >= 11 is 0. The number of fused-ring (bicyclic) bond motifs is 1. The van der Waals surface area contributed by atoms with Gasteiger partial charge in [0, 0.05) is 69.6 Å².